The number of ether oxygens (including phenoxy) is 1. The highest BCUT2D eigenvalue weighted by molar-refractivity contribution is 6.42. The number of likely N-dealkylation sites (tertiary alicyclic amines) is 1. The van der Waals surface area contributed by atoms with Gasteiger partial charge in [-0.15, -0.1) is 0 Å². The van der Waals surface area contributed by atoms with E-state index in [4.69, 9.17) is 38.8 Å². The number of benzene rings is 1. The molecule has 0 atom stereocenters. The summed E-state index contributed by atoms with van der Waals surface area (Å²) in [4.78, 5) is 12.2. The first kappa shape index (κ1) is 15.2. The van der Waals surface area contributed by atoms with Crippen molar-refractivity contribution in [3.63, 3.8) is 0 Å². The number of carbonyl (C=O) groups is 1. The molecule has 0 unspecified atom stereocenters. The molecule has 7 heteroatoms. The molecule has 1 fully saturated rings. The molecular formula is C13H16Cl2N2O3. The molecule has 1 saturated heterocycles. The van der Waals surface area contributed by atoms with Crippen molar-refractivity contribution in [1.82, 2.24) is 4.90 Å². The number of nitrogens with two attached hydrogens (primary N) is 1. The number of rotatable bonds is 4. The molecule has 1 aromatic carbocycles. The summed E-state index contributed by atoms with van der Waals surface area (Å²) in [6.07, 6.45) is -0.303. The van der Waals surface area contributed by atoms with Crippen molar-refractivity contribution < 1.29 is 14.6 Å². The Labute approximate surface area is 127 Å². The van der Waals surface area contributed by atoms with Crippen molar-refractivity contribution in [2.75, 3.05) is 26.7 Å². The van der Waals surface area contributed by atoms with Gasteiger partial charge in [0.15, 0.2) is 0 Å². The summed E-state index contributed by atoms with van der Waals surface area (Å²) in [6.45, 7) is 1.27. The van der Waals surface area contributed by atoms with E-state index in [1.54, 1.807) is 13.2 Å². The lowest BCUT2D eigenvalue weighted by Crippen LogP contribution is -2.48. The van der Waals surface area contributed by atoms with Crippen LogP contribution >= 0.6 is 23.2 Å². The van der Waals surface area contributed by atoms with Crippen molar-refractivity contribution in [2.45, 2.75) is 12.3 Å². The molecule has 0 aliphatic carbocycles. The maximum absolute atomic E-state index is 10.9. The molecule has 5 nitrogen and oxygen atoms in total. The van der Waals surface area contributed by atoms with Gasteiger partial charge in [0.2, 0.25) is 0 Å². The second-order valence-corrected chi connectivity index (χ2v) is 5.49. The smallest absolute Gasteiger partial charge is 0.407 e. The number of nitrogens with zero attached hydrogens (tertiary/aromatic N) is 1. The maximum atomic E-state index is 10.9. The van der Waals surface area contributed by atoms with Crippen molar-refractivity contribution in [1.29, 1.82) is 0 Å². The van der Waals surface area contributed by atoms with Crippen LogP contribution in [0.1, 0.15) is 17.0 Å². The van der Waals surface area contributed by atoms with E-state index >= 15 is 0 Å². The minimum Gasteiger partial charge on any atom is -0.496 e. The SMILES string of the molecule is COc1c(CCN)cc(Cl)c(Cl)c1C1CN(C(=O)O)C1. The third-order valence-corrected chi connectivity index (χ3v) is 4.26. The molecule has 110 valence electrons. The highest BCUT2D eigenvalue weighted by atomic mass is 35.5. The summed E-state index contributed by atoms with van der Waals surface area (Å²) in [5.41, 5.74) is 7.27. The standard InChI is InChI=1S/C13H16Cl2N2O3/c1-20-12-7(2-3-16)4-9(14)11(15)10(12)8-5-17(6-8)13(18)19/h4,8H,2-3,5-6,16H2,1H3,(H,18,19). The van der Waals surface area contributed by atoms with Gasteiger partial charge in [-0.25, -0.2) is 4.79 Å². The molecular weight excluding hydrogens is 303 g/mol. The highest BCUT2D eigenvalue weighted by Gasteiger charge is 2.36. The predicted molar refractivity (Wildman–Crippen MR) is 78.1 cm³/mol. The van der Waals surface area contributed by atoms with Gasteiger partial charge in [-0.1, -0.05) is 23.2 Å². The number of hydrogen-bond donors (Lipinski definition) is 2. The van der Waals surface area contributed by atoms with Gasteiger partial charge in [-0.05, 0) is 24.6 Å². The normalized spacial score (nSPS) is 15.1. The van der Waals surface area contributed by atoms with E-state index in [0.717, 1.165) is 11.1 Å². The van der Waals surface area contributed by atoms with Gasteiger partial charge in [0, 0.05) is 24.6 Å². The quantitative estimate of drug-likeness (QED) is 0.894. The molecule has 1 aromatic rings. The van der Waals surface area contributed by atoms with Crippen molar-refractivity contribution >= 4 is 29.3 Å². The van der Waals surface area contributed by atoms with Gasteiger partial charge in [0.1, 0.15) is 5.75 Å². The van der Waals surface area contributed by atoms with Gasteiger partial charge >= 0.3 is 6.09 Å². The fraction of sp³-hybridized carbons (Fsp3) is 0.462. The largest absolute Gasteiger partial charge is 0.496 e. The number of amides is 1. The lowest BCUT2D eigenvalue weighted by Gasteiger charge is -2.38. The second kappa shape index (κ2) is 6.08. The van der Waals surface area contributed by atoms with E-state index in [-0.39, 0.29) is 5.92 Å². The molecule has 1 aliphatic rings. The highest BCUT2D eigenvalue weighted by Crippen LogP contribution is 2.44. The molecule has 0 saturated carbocycles. The van der Waals surface area contributed by atoms with E-state index in [2.05, 4.69) is 0 Å². The Kier molecular flexibility index (Phi) is 4.62. The first-order chi connectivity index (χ1) is 9.49. The topological polar surface area (TPSA) is 75.8 Å². The van der Waals surface area contributed by atoms with E-state index < -0.39 is 6.09 Å². The lowest BCUT2D eigenvalue weighted by atomic mass is 9.89. The van der Waals surface area contributed by atoms with Gasteiger partial charge < -0.3 is 20.5 Å². The fourth-order valence-corrected chi connectivity index (χ4v) is 2.98. The maximum Gasteiger partial charge on any atom is 0.407 e. The molecule has 0 radical (unpaired) electrons. The van der Waals surface area contributed by atoms with Crippen LogP contribution in [0.25, 0.3) is 0 Å². The summed E-state index contributed by atoms with van der Waals surface area (Å²) in [6, 6.07) is 1.76. The van der Waals surface area contributed by atoms with Crippen LogP contribution in [0.4, 0.5) is 4.79 Å². The minimum absolute atomic E-state index is 0.00349. The lowest BCUT2D eigenvalue weighted by molar-refractivity contribution is 0.105. The Balaban J connectivity index is 2.38. The van der Waals surface area contributed by atoms with Crippen molar-refractivity contribution in [3.05, 3.63) is 27.2 Å². The Bertz CT molecular complexity index is 531. The Morgan fingerprint density at radius 3 is 2.70 bits per heavy atom. The Hall–Kier alpha value is -1.17. The molecule has 3 N–H and O–H groups in total. The van der Waals surface area contributed by atoms with Crippen molar-refractivity contribution in [3.8, 4) is 5.75 Å². The summed E-state index contributed by atoms with van der Waals surface area (Å²) in [7, 11) is 1.57. The zero-order chi connectivity index (χ0) is 14.9. The van der Waals surface area contributed by atoms with Crippen LogP contribution in [0.2, 0.25) is 10.0 Å². The van der Waals surface area contributed by atoms with Crippen LogP contribution in [0, 0.1) is 0 Å². The molecule has 2 rings (SSSR count). The zero-order valence-electron chi connectivity index (χ0n) is 11.0. The van der Waals surface area contributed by atoms with Gasteiger partial charge in [-0.2, -0.15) is 0 Å². The van der Waals surface area contributed by atoms with Crippen LogP contribution in [-0.4, -0.2) is 42.8 Å². The van der Waals surface area contributed by atoms with E-state index in [1.807, 2.05) is 0 Å². The predicted octanol–water partition coefficient (Wildman–Crippen LogP) is 2.58. The summed E-state index contributed by atoms with van der Waals surface area (Å²) < 4.78 is 5.45. The van der Waals surface area contributed by atoms with Crippen LogP contribution < -0.4 is 10.5 Å². The monoisotopic (exact) mass is 318 g/mol. The average Bonchev–Trinajstić information content (AvgIpc) is 2.33. The summed E-state index contributed by atoms with van der Waals surface area (Å²) in [5, 5.41) is 9.78. The van der Waals surface area contributed by atoms with Crippen molar-refractivity contribution in [2.24, 2.45) is 5.73 Å². The summed E-state index contributed by atoms with van der Waals surface area (Å²) >= 11 is 12.4. The minimum atomic E-state index is -0.930. The molecule has 1 heterocycles. The second-order valence-electron chi connectivity index (χ2n) is 4.70. The van der Waals surface area contributed by atoms with Gasteiger partial charge in [0.25, 0.3) is 0 Å². The van der Waals surface area contributed by atoms with Gasteiger partial charge in [-0.3, -0.25) is 0 Å². The van der Waals surface area contributed by atoms with E-state index in [1.165, 1.54) is 4.90 Å². The average molecular weight is 319 g/mol. The molecule has 0 bridgehead atoms. The number of carboxylic acid groups (broad SMARTS) is 1. The zero-order valence-corrected chi connectivity index (χ0v) is 12.5. The third-order valence-electron chi connectivity index (χ3n) is 3.46. The summed E-state index contributed by atoms with van der Waals surface area (Å²) in [5.74, 6) is 0.670. The van der Waals surface area contributed by atoms with Crippen LogP contribution in [-0.2, 0) is 6.42 Å². The first-order valence-electron chi connectivity index (χ1n) is 6.22. The number of hydrogen-bond acceptors (Lipinski definition) is 3. The third kappa shape index (κ3) is 2.66. The molecule has 0 aromatic heterocycles. The fourth-order valence-electron chi connectivity index (χ4n) is 2.45. The van der Waals surface area contributed by atoms with Gasteiger partial charge in [0.05, 0.1) is 17.2 Å². The van der Waals surface area contributed by atoms with E-state index in [0.29, 0.717) is 41.8 Å². The van der Waals surface area contributed by atoms with Crippen LogP contribution in [0.5, 0.6) is 5.75 Å². The molecule has 0 spiro atoms. The Morgan fingerprint density at radius 2 is 2.20 bits per heavy atom. The molecule has 1 amide bonds. The van der Waals surface area contributed by atoms with Crippen LogP contribution in [0.15, 0.2) is 6.07 Å². The van der Waals surface area contributed by atoms with E-state index in [9.17, 15) is 4.79 Å². The van der Waals surface area contributed by atoms with Crippen LogP contribution in [0.3, 0.4) is 0 Å². The first-order valence-corrected chi connectivity index (χ1v) is 6.97. The molecule has 20 heavy (non-hydrogen) atoms. The molecule has 1 aliphatic heterocycles. The Morgan fingerprint density at radius 1 is 1.55 bits per heavy atom. The number of halogens is 2. The number of methoxy groups -OCH3 is 1.